The number of imidazole rings is 1. The molecule has 2 aromatic heterocycles. The van der Waals surface area contributed by atoms with Gasteiger partial charge < -0.3 is 5.32 Å². The third kappa shape index (κ3) is 5.78. The molecule has 0 radical (unpaired) electrons. The molecule has 10 nitrogen and oxygen atoms in total. The Labute approximate surface area is 252 Å². The molecular weight excluding hydrogens is 573 g/mol. The molecule has 44 heavy (non-hydrogen) atoms. The first-order valence-electron chi connectivity index (χ1n) is 14.2. The maximum Gasteiger partial charge on any atom is 0.416 e. The number of carbonyl (C=O) groups excluding carboxylic acids is 1. The molecule has 4 aromatic rings. The van der Waals surface area contributed by atoms with Crippen molar-refractivity contribution in [3.05, 3.63) is 88.1 Å². The third-order valence-electron chi connectivity index (χ3n) is 8.59. The molecular formula is C31H34F3N8O2+. The number of carbonyl (C=O) groups is 1. The highest BCUT2D eigenvalue weighted by Gasteiger charge is 2.34. The summed E-state index contributed by atoms with van der Waals surface area (Å²) >= 11 is 0. The monoisotopic (exact) mass is 607 g/mol. The van der Waals surface area contributed by atoms with Gasteiger partial charge in [0.15, 0.2) is 0 Å². The van der Waals surface area contributed by atoms with Crippen LogP contribution in [0.5, 0.6) is 0 Å². The first kappa shape index (κ1) is 30.8. The summed E-state index contributed by atoms with van der Waals surface area (Å²) in [4.78, 5) is 27.8. The van der Waals surface area contributed by atoms with Crippen molar-refractivity contribution in [2.75, 3.05) is 40.8 Å². The predicted molar refractivity (Wildman–Crippen MR) is 158 cm³/mol. The van der Waals surface area contributed by atoms with E-state index in [9.17, 15) is 28.0 Å². The van der Waals surface area contributed by atoms with Gasteiger partial charge in [0.05, 0.1) is 66.3 Å². The molecule has 2 aromatic carbocycles. The average molecular weight is 608 g/mol. The Morgan fingerprint density at radius 2 is 1.80 bits per heavy atom. The van der Waals surface area contributed by atoms with E-state index in [-0.39, 0.29) is 23.0 Å². The summed E-state index contributed by atoms with van der Waals surface area (Å²) in [6.07, 6.45) is -1.35. The summed E-state index contributed by atoms with van der Waals surface area (Å²) < 4.78 is 45.2. The lowest BCUT2D eigenvalue weighted by atomic mass is 9.96. The fourth-order valence-corrected chi connectivity index (χ4v) is 5.68. The summed E-state index contributed by atoms with van der Waals surface area (Å²) in [6.45, 7) is 3.75. The molecule has 230 valence electrons. The SMILES string of the molecule is Cc1c(-c2ccnn2-c2ccc(C#N)cc2)n(C(=O)NCC2CC[N+](C)(N(C)C)CC2)c(=O)n1-c1cccc(C(F)(F)F)c1. The van der Waals surface area contributed by atoms with Crippen molar-refractivity contribution in [3.8, 4) is 28.8 Å². The van der Waals surface area contributed by atoms with Crippen LogP contribution in [0.1, 0.15) is 29.7 Å². The number of nitriles is 1. The van der Waals surface area contributed by atoms with E-state index in [0.29, 0.717) is 23.5 Å². The van der Waals surface area contributed by atoms with E-state index in [4.69, 9.17) is 0 Å². The van der Waals surface area contributed by atoms with Gasteiger partial charge in [-0.05, 0) is 61.4 Å². The quantitative estimate of drug-likeness (QED) is 0.324. The van der Waals surface area contributed by atoms with Gasteiger partial charge in [-0.15, -0.1) is 0 Å². The van der Waals surface area contributed by atoms with E-state index in [1.807, 2.05) is 14.1 Å². The summed E-state index contributed by atoms with van der Waals surface area (Å²) in [5.74, 6) is 0.208. The molecule has 0 aliphatic carbocycles. The summed E-state index contributed by atoms with van der Waals surface area (Å²) in [6, 6.07) is 14.0. The lowest BCUT2D eigenvalue weighted by Gasteiger charge is -2.43. The number of alkyl halides is 3. The van der Waals surface area contributed by atoms with Crippen LogP contribution in [0.15, 0.2) is 65.6 Å². The second kappa shape index (κ2) is 11.8. The topological polar surface area (TPSA) is 101 Å². The smallest absolute Gasteiger partial charge is 0.337 e. The second-order valence-corrected chi connectivity index (χ2v) is 11.5. The van der Waals surface area contributed by atoms with Gasteiger partial charge >= 0.3 is 17.9 Å². The molecule has 1 aliphatic heterocycles. The zero-order valence-corrected chi connectivity index (χ0v) is 25.0. The normalized spacial score (nSPS) is 18.8. The van der Waals surface area contributed by atoms with Crippen molar-refractivity contribution in [2.24, 2.45) is 5.92 Å². The number of aromatic nitrogens is 4. The molecule has 13 heteroatoms. The second-order valence-electron chi connectivity index (χ2n) is 11.5. The predicted octanol–water partition coefficient (Wildman–Crippen LogP) is 4.58. The molecule has 1 aliphatic rings. The first-order chi connectivity index (χ1) is 20.8. The number of nitrogens with one attached hydrogen (secondary N) is 1. The summed E-state index contributed by atoms with van der Waals surface area (Å²) in [5.41, 5.74) is 0.0979. The van der Waals surface area contributed by atoms with Crippen LogP contribution in [0.3, 0.4) is 0 Å². The minimum atomic E-state index is -4.62. The first-order valence-corrected chi connectivity index (χ1v) is 14.2. The largest absolute Gasteiger partial charge is 0.416 e. The van der Waals surface area contributed by atoms with Crippen LogP contribution in [-0.4, -0.2) is 75.3 Å². The molecule has 0 spiro atoms. The molecule has 0 atom stereocenters. The van der Waals surface area contributed by atoms with E-state index in [1.165, 1.54) is 23.0 Å². The zero-order chi connectivity index (χ0) is 31.8. The minimum absolute atomic E-state index is 0.0208. The molecule has 0 bridgehead atoms. The fraction of sp³-hybridized carbons (Fsp3) is 0.355. The van der Waals surface area contributed by atoms with Gasteiger partial charge in [-0.3, -0.25) is 4.57 Å². The molecule has 3 heterocycles. The standard InChI is InChI=1S/C31H33F3N8O2/c1-21-28(27-12-15-37-41(27)25-10-8-22(19-35)9-11-25)40(29(43)36-20-23-13-16-42(4,17-14-23)38(2)3)30(44)39(21)26-7-5-6-24(18-26)31(32,33)34/h5-12,15,18,23H,13-14,16-17,20H2,1-4H3/p+1. The Morgan fingerprint density at radius 1 is 1.11 bits per heavy atom. The van der Waals surface area contributed by atoms with Gasteiger partial charge in [0, 0.05) is 33.5 Å². The van der Waals surface area contributed by atoms with Crippen molar-refractivity contribution in [1.29, 1.82) is 5.26 Å². The molecule has 1 saturated heterocycles. The number of piperidine rings is 1. The molecule has 1 fully saturated rings. The highest BCUT2D eigenvalue weighted by Crippen LogP contribution is 2.32. The molecule has 0 unspecified atom stereocenters. The third-order valence-corrected chi connectivity index (χ3v) is 8.59. The number of nitrogens with zero attached hydrogens (tertiary/aromatic N) is 7. The lowest BCUT2D eigenvalue weighted by molar-refractivity contribution is -1.02. The fourth-order valence-electron chi connectivity index (χ4n) is 5.68. The van der Waals surface area contributed by atoms with Crippen LogP contribution in [0.4, 0.5) is 18.0 Å². The van der Waals surface area contributed by atoms with Crippen LogP contribution < -0.4 is 11.0 Å². The van der Waals surface area contributed by atoms with Gasteiger partial charge in [-0.2, -0.15) is 28.5 Å². The van der Waals surface area contributed by atoms with E-state index in [2.05, 4.69) is 28.5 Å². The van der Waals surface area contributed by atoms with Crippen LogP contribution in [0, 0.1) is 24.2 Å². The van der Waals surface area contributed by atoms with Crippen LogP contribution in [0.25, 0.3) is 22.8 Å². The number of rotatable bonds is 6. The van der Waals surface area contributed by atoms with E-state index < -0.39 is 23.5 Å². The Kier molecular flexibility index (Phi) is 8.24. The molecule has 1 amide bonds. The summed E-state index contributed by atoms with van der Waals surface area (Å²) in [5, 5.41) is 18.7. The van der Waals surface area contributed by atoms with Gasteiger partial charge in [0.25, 0.3) is 0 Å². The van der Waals surface area contributed by atoms with Gasteiger partial charge in [0.1, 0.15) is 5.69 Å². The summed E-state index contributed by atoms with van der Waals surface area (Å²) in [7, 11) is 6.24. The highest BCUT2D eigenvalue weighted by atomic mass is 19.4. The van der Waals surface area contributed by atoms with Crippen LogP contribution in [-0.2, 0) is 6.18 Å². The van der Waals surface area contributed by atoms with Gasteiger partial charge in [0.2, 0.25) is 0 Å². The van der Waals surface area contributed by atoms with Crippen LogP contribution >= 0.6 is 0 Å². The minimum Gasteiger partial charge on any atom is -0.337 e. The van der Waals surface area contributed by atoms with E-state index in [0.717, 1.165) is 51.8 Å². The van der Waals surface area contributed by atoms with Crippen molar-refractivity contribution in [3.63, 3.8) is 0 Å². The Hall–Kier alpha value is -4.67. The Balaban J connectivity index is 1.57. The highest BCUT2D eigenvalue weighted by molar-refractivity contribution is 5.83. The number of amides is 1. The van der Waals surface area contributed by atoms with E-state index in [1.54, 1.807) is 37.3 Å². The Bertz CT molecular complexity index is 1770. The zero-order valence-electron chi connectivity index (χ0n) is 25.0. The Morgan fingerprint density at radius 3 is 2.41 bits per heavy atom. The lowest BCUT2D eigenvalue weighted by Crippen LogP contribution is -2.58. The average Bonchev–Trinajstić information content (AvgIpc) is 3.58. The number of halogens is 3. The van der Waals surface area contributed by atoms with Crippen molar-refractivity contribution in [2.45, 2.75) is 25.9 Å². The van der Waals surface area contributed by atoms with Crippen molar-refractivity contribution >= 4 is 6.03 Å². The van der Waals surface area contributed by atoms with Crippen molar-refractivity contribution < 1.29 is 22.6 Å². The van der Waals surface area contributed by atoms with Crippen molar-refractivity contribution in [1.82, 2.24) is 29.2 Å². The number of quaternary nitrogens is 1. The van der Waals surface area contributed by atoms with E-state index >= 15 is 0 Å². The molecule has 0 saturated carbocycles. The van der Waals surface area contributed by atoms with Gasteiger partial charge in [-0.25, -0.2) is 23.4 Å². The number of hydrogen-bond donors (Lipinski definition) is 1. The molecule has 1 N–H and O–H groups in total. The number of hydrogen-bond acceptors (Lipinski definition) is 5. The maximum absolute atomic E-state index is 14.0. The number of benzene rings is 2. The van der Waals surface area contributed by atoms with Gasteiger partial charge in [-0.1, -0.05) is 6.07 Å². The van der Waals surface area contributed by atoms with Crippen LogP contribution in [0.2, 0.25) is 0 Å². The number of likely N-dealkylation sites (tertiary alicyclic amines) is 1. The maximum atomic E-state index is 14.0. The molecule has 5 rings (SSSR count).